The third-order valence-corrected chi connectivity index (χ3v) is 5.85. The van der Waals surface area contributed by atoms with Crippen molar-refractivity contribution in [1.29, 1.82) is 0 Å². The van der Waals surface area contributed by atoms with Crippen molar-refractivity contribution in [3.8, 4) is 11.6 Å². The lowest BCUT2D eigenvalue weighted by atomic mass is 10.2. The Morgan fingerprint density at radius 2 is 2.22 bits per heavy atom. The van der Waals surface area contributed by atoms with Crippen molar-refractivity contribution in [3.63, 3.8) is 0 Å². The summed E-state index contributed by atoms with van der Waals surface area (Å²) in [5, 5.41) is 2.01. The standard InChI is InChI=1S/C20H18N4O2S/c25-18(12-15-4-3-11-27-15)23-9-7-14(13-23)24-19-16(5-1-8-21-19)22-20(24)17-6-2-10-26-17/h1-6,8,10-11,14H,7,9,12-13H2/t14-/m1/s1. The molecular weight excluding hydrogens is 360 g/mol. The van der Waals surface area contributed by atoms with Crippen molar-refractivity contribution in [1.82, 2.24) is 19.4 Å². The SMILES string of the molecule is O=C(Cc1cccs1)N1CC[C@@H](n2c(-c3ccco3)nc3cccnc32)C1. The van der Waals surface area contributed by atoms with Gasteiger partial charge in [0.2, 0.25) is 5.91 Å². The Balaban J connectivity index is 1.46. The van der Waals surface area contributed by atoms with Crippen molar-refractivity contribution in [2.45, 2.75) is 18.9 Å². The second kappa shape index (κ2) is 6.66. The molecule has 0 aromatic carbocycles. The molecule has 1 atom stereocenters. The summed E-state index contributed by atoms with van der Waals surface area (Å²) in [4.78, 5) is 25.0. The second-order valence-electron chi connectivity index (χ2n) is 6.67. The van der Waals surface area contributed by atoms with Crippen LogP contribution in [0.1, 0.15) is 17.3 Å². The largest absolute Gasteiger partial charge is 0.461 e. The topological polar surface area (TPSA) is 64.2 Å². The number of hydrogen-bond acceptors (Lipinski definition) is 5. The van der Waals surface area contributed by atoms with Gasteiger partial charge in [0.15, 0.2) is 17.2 Å². The summed E-state index contributed by atoms with van der Waals surface area (Å²) in [6.07, 6.45) is 4.78. The second-order valence-corrected chi connectivity index (χ2v) is 7.70. The van der Waals surface area contributed by atoms with Gasteiger partial charge in [-0.3, -0.25) is 4.79 Å². The third-order valence-electron chi connectivity index (χ3n) is 4.98. The van der Waals surface area contributed by atoms with Gasteiger partial charge in [-0.05, 0) is 42.1 Å². The number of aromatic nitrogens is 3. The summed E-state index contributed by atoms with van der Waals surface area (Å²) in [6, 6.07) is 11.7. The van der Waals surface area contributed by atoms with Gasteiger partial charge in [-0.25, -0.2) is 9.97 Å². The van der Waals surface area contributed by atoms with Gasteiger partial charge >= 0.3 is 0 Å². The zero-order valence-corrected chi connectivity index (χ0v) is 15.4. The third kappa shape index (κ3) is 2.94. The number of fused-ring (bicyclic) bond motifs is 1. The van der Waals surface area contributed by atoms with E-state index in [1.54, 1.807) is 23.8 Å². The molecule has 136 valence electrons. The maximum absolute atomic E-state index is 12.7. The lowest BCUT2D eigenvalue weighted by molar-refractivity contribution is -0.129. The summed E-state index contributed by atoms with van der Waals surface area (Å²) in [5.74, 6) is 1.67. The van der Waals surface area contributed by atoms with E-state index in [-0.39, 0.29) is 11.9 Å². The quantitative estimate of drug-likeness (QED) is 0.542. The van der Waals surface area contributed by atoms with Gasteiger partial charge in [-0.1, -0.05) is 6.07 Å². The number of carbonyl (C=O) groups is 1. The van der Waals surface area contributed by atoms with Gasteiger partial charge in [-0.2, -0.15) is 0 Å². The van der Waals surface area contributed by atoms with Crippen LogP contribution in [-0.4, -0.2) is 38.4 Å². The molecule has 0 bridgehead atoms. The molecule has 4 aromatic rings. The van der Waals surface area contributed by atoms with Crippen molar-refractivity contribution < 1.29 is 9.21 Å². The highest BCUT2D eigenvalue weighted by Gasteiger charge is 2.31. The van der Waals surface area contributed by atoms with Crippen LogP contribution in [0.25, 0.3) is 22.7 Å². The Labute approximate surface area is 160 Å². The molecule has 5 rings (SSSR count). The fourth-order valence-corrected chi connectivity index (χ4v) is 4.40. The first-order valence-electron chi connectivity index (χ1n) is 8.96. The van der Waals surface area contributed by atoms with Crippen LogP contribution in [-0.2, 0) is 11.2 Å². The molecule has 1 aliphatic rings. The van der Waals surface area contributed by atoms with E-state index in [0.717, 1.165) is 40.6 Å². The van der Waals surface area contributed by atoms with Gasteiger partial charge in [-0.15, -0.1) is 11.3 Å². The lowest BCUT2D eigenvalue weighted by Crippen LogP contribution is -2.30. The van der Waals surface area contributed by atoms with Crippen LogP contribution in [0.2, 0.25) is 0 Å². The number of pyridine rings is 1. The summed E-state index contributed by atoms with van der Waals surface area (Å²) >= 11 is 1.63. The molecular formula is C20H18N4O2S. The average Bonchev–Trinajstić information content (AvgIpc) is 3.46. The molecule has 6 nitrogen and oxygen atoms in total. The fourth-order valence-electron chi connectivity index (χ4n) is 3.71. The average molecular weight is 378 g/mol. The van der Waals surface area contributed by atoms with Crippen molar-refractivity contribution >= 4 is 28.4 Å². The smallest absolute Gasteiger partial charge is 0.227 e. The summed E-state index contributed by atoms with van der Waals surface area (Å²) in [7, 11) is 0. The van der Waals surface area contributed by atoms with E-state index in [2.05, 4.69) is 9.55 Å². The molecule has 0 radical (unpaired) electrons. The number of likely N-dealkylation sites (tertiary alicyclic amines) is 1. The summed E-state index contributed by atoms with van der Waals surface area (Å²) in [5.41, 5.74) is 1.67. The van der Waals surface area contributed by atoms with Crippen LogP contribution in [0.3, 0.4) is 0 Å². The van der Waals surface area contributed by atoms with Crippen LogP contribution in [0.4, 0.5) is 0 Å². The first kappa shape index (κ1) is 16.3. The first-order valence-corrected chi connectivity index (χ1v) is 9.84. The lowest BCUT2D eigenvalue weighted by Gasteiger charge is -2.18. The van der Waals surface area contributed by atoms with E-state index in [0.29, 0.717) is 13.0 Å². The monoisotopic (exact) mass is 378 g/mol. The minimum absolute atomic E-state index is 0.136. The van der Waals surface area contributed by atoms with Crippen LogP contribution in [0, 0.1) is 0 Å². The van der Waals surface area contributed by atoms with E-state index < -0.39 is 0 Å². The van der Waals surface area contributed by atoms with Crippen molar-refractivity contribution in [2.75, 3.05) is 13.1 Å². The molecule has 0 unspecified atom stereocenters. The van der Waals surface area contributed by atoms with Crippen molar-refractivity contribution in [2.24, 2.45) is 0 Å². The minimum atomic E-state index is 0.136. The molecule has 1 amide bonds. The molecule has 1 fully saturated rings. The number of thiophene rings is 1. The number of hydrogen-bond donors (Lipinski definition) is 0. The van der Waals surface area contributed by atoms with E-state index in [9.17, 15) is 4.79 Å². The van der Waals surface area contributed by atoms with E-state index >= 15 is 0 Å². The number of nitrogens with zero attached hydrogens (tertiary/aromatic N) is 4. The highest BCUT2D eigenvalue weighted by atomic mass is 32.1. The van der Waals surface area contributed by atoms with Gasteiger partial charge in [0, 0.05) is 24.2 Å². The van der Waals surface area contributed by atoms with Gasteiger partial charge in [0.05, 0.1) is 18.7 Å². The minimum Gasteiger partial charge on any atom is -0.461 e. The molecule has 4 aromatic heterocycles. The molecule has 0 saturated carbocycles. The highest BCUT2D eigenvalue weighted by Crippen LogP contribution is 2.32. The van der Waals surface area contributed by atoms with E-state index in [1.807, 2.05) is 46.7 Å². The van der Waals surface area contributed by atoms with E-state index in [1.165, 1.54) is 0 Å². The van der Waals surface area contributed by atoms with E-state index in [4.69, 9.17) is 9.40 Å². The van der Waals surface area contributed by atoms with Crippen LogP contribution in [0.15, 0.2) is 58.7 Å². The zero-order chi connectivity index (χ0) is 18.2. The van der Waals surface area contributed by atoms with Crippen molar-refractivity contribution in [3.05, 3.63) is 59.1 Å². The fraction of sp³-hybridized carbons (Fsp3) is 0.250. The predicted octanol–water partition coefficient (Wildman–Crippen LogP) is 3.77. The Bertz CT molecular complexity index is 1070. The van der Waals surface area contributed by atoms with Crippen LogP contribution >= 0.6 is 11.3 Å². The molecule has 5 heterocycles. The Hall–Kier alpha value is -2.93. The number of rotatable bonds is 4. The molecule has 7 heteroatoms. The first-order chi connectivity index (χ1) is 13.3. The van der Waals surface area contributed by atoms with Gasteiger partial charge in [0.1, 0.15) is 5.52 Å². The Kier molecular flexibility index (Phi) is 4.01. The number of furan rings is 1. The number of imidazole rings is 1. The Morgan fingerprint density at radius 1 is 1.26 bits per heavy atom. The zero-order valence-electron chi connectivity index (χ0n) is 14.6. The molecule has 1 saturated heterocycles. The highest BCUT2D eigenvalue weighted by molar-refractivity contribution is 7.10. The maximum Gasteiger partial charge on any atom is 0.227 e. The molecule has 0 spiro atoms. The molecule has 0 aliphatic carbocycles. The molecule has 1 aliphatic heterocycles. The van der Waals surface area contributed by atoms with Gasteiger partial charge in [0.25, 0.3) is 0 Å². The predicted molar refractivity (Wildman–Crippen MR) is 103 cm³/mol. The number of amides is 1. The molecule has 0 N–H and O–H groups in total. The van der Waals surface area contributed by atoms with Crippen LogP contribution < -0.4 is 0 Å². The molecule has 27 heavy (non-hydrogen) atoms. The summed E-state index contributed by atoms with van der Waals surface area (Å²) in [6.45, 7) is 1.42. The maximum atomic E-state index is 12.7. The summed E-state index contributed by atoms with van der Waals surface area (Å²) < 4.78 is 7.74. The normalized spacial score (nSPS) is 17.0. The Morgan fingerprint density at radius 3 is 3.04 bits per heavy atom. The van der Waals surface area contributed by atoms with Gasteiger partial charge < -0.3 is 13.9 Å². The van der Waals surface area contributed by atoms with Crippen LogP contribution in [0.5, 0.6) is 0 Å². The number of carbonyl (C=O) groups excluding carboxylic acids is 1.